The molecule has 0 aromatic heterocycles. The summed E-state index contributed by atoms with van der Waals surface area (Å²) >= 11 is 7.58. The first kappa shape index (κ1) is 25.4. The summed E-state index contributed by atoms with van der Waals surface area (Å²) in [6.07, 6.45) is 2.75. The molecule has 2 aliphatic heterocycles. The van der Waals surface area contributed by atoms with E-state index in [-0.39, 0.29) is 11.8 Å². The number of piperazine rings is 1. The number of hydrogen-bond acceptors (Lipinski definition) is 5. The Bertz CT molecular complexity index is 1300. The number of nitrogens with one attached hydrogen (secondary N) is 2. The standard InChI is InChI=1S/C29H29ClN4O2S/c30-23-5-3-6-24(20-23)34-17-15-33(16-18-34)14-4-13-31-28(35)22-11-9-21(10-12-22)19-27-29(36)32-25-7-1-2-8-26(25)37-27/h1-3,5-12,19-20H,4,13-18H2,(H,31,35)(H,32,36). The van der Waals surface area contributed by atoms with Crippen molar-refractivity contribution < 1.29 is 9.59 Å². The fourth-order valence-electron chi connectivity index (χ4n) is 4.49. The van der Waals surface area contributed by atoms with Crippen molar-refractivity contribution in [2.45, 2.75) is 11.3 Å². The fourth-order valence-corrected chi connectivity index (χ4v) is 5.63. The van der Waals surface area contributed by atoms with Crippen molar-refractivity contribution in [3.63, 3.8) is 0 Å². The first-order valence-corrected chi connectivity index (χ1v) is 13.7. The molecule has 0 atom stereocenters. The van der Waals surface area contributed by atoms with Gasteiger partial charge in [-0.2, -0.15) is 0 Å². The Morgan fingerprint density at radius 1 is 1.00 bits per heavy atom. The summed E-state index contributed by atoms with van der Waals surface area (Å²) < 4.78 is 0. The summed E-state index contributed by atoms with van der Waals surface area (Å²) in [5, 5.41) is 6.71. The second-order valence-electron chi connectivity index (χ2n) is 9.10. The van der Waals surface area contributed by atoms with Gasteiger partial charge in [0, 0.05) is 53.9 Å². The average Bonchev–Trinajstić information content (AvgIpc) is 2.92. The Morgan fingerprint density at radius 3 is 2.57 bits per heavy atom. The molecule has 0 aliphatic carbocycles. The highest BCUT2D eigenvalue weighted by molar-refractivity contribution is 8.04. The Balaban J connectivity index is 1.05. The lowest BCUT2D eigenvalue weighted by Gasteiger charge is -2.36. The number of carbonyl (C=O) groups is 2. The zero-order valence-corrected chi connectivity index (χ0v) is 22.0. The molecule has 3 aromatic carbocycles. The average molecular weight is 533 g/mol. The van der Waals surface area contributed by atoms with E-state index in [0.29, 0.717) is 17.0 Å². The Morgan fingerprint density at radius 2 is 1.78 bits per heavy atom. The number of amides is 2. The van der Waals surface area contributed by atoms with Crippen LogP contribution in [0.1, 0.15) is 22.3 Å². The molecule has 1 saturated heterocycles. The summed E-state index contributed by atoms with van der Waals surface area (Å²) in [6, 6.07) is 23.1. The zero-order valence-electron chi connectivity index (χ0n) is 20.5. The van der Waals surface area contributed by atoms with E-state index in [2.05, 4.69) is 26.5 Å². The summed E-state index contributed by atoms with van der Waals surface area (Å²) in [7, 11) is 0. The molecule has 0 saturated carbocycles. The fraction of sp³-hybridized carbons (Fsp3) is 0.241. The summed E-state index contributed by atoms with van der Waals surface area (Å²) in [6.45, 7) is 5.54. The van der Waals surface area contributed by atoms with Crippen molar-refractivity contribution in [1.82, 2.24) is 10.2 Å². The van der Waals surface area contributed by atoms with Crippen LogP contribution in [0, 0.1) is 0 Å². The molecule has 190 valence electrons. The maximum absolute atomic E-state index is 12.6. The van der Waals surface area contributed by atoms with Crippen molar-refractivity contribution in [3.8, 4) is 0 Å². The Labute approximate surface area is 226 Å². The molecule has 8 heteroatoms. The molecule has 0 unspecified atom stereocenters. The van der Waals surface area contributed by atoms with Gasteiger partial charge in [0.2, 0.25) is 0 Å². The van der Waals surface area contributed by atoms with E-state index in [1.807, 2.05) is 60.7 Å². The quantitative estimate of drug-likeness (QED) is 0.316. The van der Waals surface area contributed by atoms with Gasteiger partial charge in [-0.15, -0.1) is 0 Å². The van der Waals surface area contributed by atoms with Crippen LogP contribution in [0.25, 0.3) is 6.08 Å². The lowest BCUT2D eigenvalue weighted by Crippen LogP contribution is -2.47. The molecule has 2 heterocycles. The highest BCUT2D eigenvalue weighted by Crippen LogP contribution is 2.38. The lowest BCUT2D eigenvalue weighted by molar-refractivity contribution is -0.112. The van der Waals surface area contributed by atoms with Gasteiger partial charge in [-0.3, -0.25) is 14.5 Å². The molecule has 0 spiro atoms. The van der Waals surface area contributed by atoms with Crippen LogP contribution in [-0.2, 0) is 4.79 Å². The van der Waals surface area contributed by atoms with E-state index >= 15 is 0 Å². The monoisotopic (exact) mass is 532 g/mol. The van der Waals surface area contributed by atoms with Gasteiger partial charge in [0.1, 0.15) is 0 Å². The van der Waals surface area contributed by atoms with Crippen LogP contribution in [0.15, 0.2) is 82.6 Å². The highest BCUT2D eigenvalue weighted by atomic mass is 35.5. The Kier molecular flexibility index (Phi) is 8.14. The topological polar surface area (TPSA) is 64.7 Å². The van der Waals surface area contributed by atoms with Crippen LogP contribution in [0.4, 0.5) is 11.4 Å². The number of carbonyl (C=O) groups excluding carboxylic acids is 2. The second-order valence-corrected chi connectivity index (χ2v) is 10.6. The van der Waals surface area contributed by atoms with Gasteiger partial charge in [-0.25, -0.2) is 0 Å². The van der Waals surface area contributed by atoms with Gasteiger partial charge >= 0.3 is 0 Å². The molecular formula is C29H29ClN4O2S. The van der Waals surface area contributed by atoms with E-state index in [1.165, 1.54) is 17.4 Å². The molecule has 0 bridgehead atoms. The van der Waals surface area contributed by atoms with Gasteiger partial charge in [0.15, 0.2) is 0 Å². The van der Waals surface area contributed by atoms with Crippen LogP contribution in [0.3, 0.4) is 0 Å². The summed E-state index contributed by atoms with van der Waals surface area (Å²) in [4.78, 5) is 31.5. The number of rotatable bonds is 7. The van der Waals surface area contributed by atoms with Crippen molar-refractivity contribution in [2.24, 2.45) is 0 Å². The molecule has 1 fully saturated rings. The number of thioether (sulfide) groups is 1. The van der Waals surface area contributed by atoms with Crippen LogP contribution < -0.4 is 15.5 Å². The van der Waals surface area contributed by atoms with Crippen LogP contribution in [0.5, 0.6) is 0 Å². The molecule has 5 rings (SSSR count). The summed E-state index contributed by atoms with van der Waals surface area (Å²) in [5.41, 5.74) is 3.50. The van der Waals surface area contributed by atoms with Gasteiger partial charge in [0.05, 0.1) is 10.6 Å². The first-order chi connectivity index (χ1) is 18.0. The maximum Gasteiger partial charge on any atom is 0.262 e. The highest BCUT2D eigenvalue weighted by Gasteiger charge is 2.20. The Hall–Kier alpha value is -3.26. The second kappa shape index (κ2) is 11.9. The number of halogens is 1. The minimum absolute atomic E-state index is 0.0799. The molecule has 2 aliphatic rings. The predicted molar refractivity (Wildman–Crippen MR) is 152 cm³/mol. The first-order valence-electron chi connectivity index (χ1n) is 12.5. The minimum Gasteiger partial charge on any atom is -0.369 e. The van der Waals surface area contributed by atoms with E-state index < -0.39 is 0 Å². The number of hydrogen-bond donors (Lipinski definition) is 2. The molecule has 2 amide bonds. The van der Waals surface area contributed by atoms with E-state index in [4.69, 9.17) is 11.6 Å². The number of anilines is 2. The van der Waals surface area contributed by atoms with E-state index in [0.717, 1.165) is 60.3 Å². The van der Waals surface area contributed by atoms with Crippen molar-refractivity contribution >= 4 is 52.6 Å². The van der Waals surface area contributed by atoms with Gasteiger partial charge < -0.3 is 15.5 Å². The molecule has 0 radical (unpaired) electrons. The minimum atomic E-state index is -0.114. The van der Waals surface area contributed by atoms with Gasteiger partial charge in [0.25, 0.3) is 11.8 Å². The third-order valence-corrected chi connectivity index (χ3v) is 7.87. The lowest BCUT2D eigenvalue weighted by atomic mass is 10.1. The molecule has 37 heavy (non-hydrogen) atoms. The van der Waals surface area contributed by atoms with E-state index in [1.54, 1.807) is 12.1 Å². The maximum atomic E-state index is 12.6. The van der Waals surface area contributed by atoms with Gasteiger partial charge in [-0.05, 0) is 67.1 Å². The number of para-hydroxylation sites is 1. The molecular weight excluding hydrogens is 504 g/mol. The zero-order chi connectivity index (χ0) is 25.6. The third-order valence-electron chi connectivity index (χ3n) is 6.53. The largest absolute Gasteiger partial charge is 0.369 e. The smallest absolute Gasteiger partial charge is 0.262 e. The van der Waals surface area contributed by atoms with Gasteiger partial charge in [-0.1, -0.05) is 53.7 Å². The van der Waals surface area contributed by atoms with Crippen LogP contribution in [-0.4, -0.2) is 56.0 Å². The molecule has 6 nitrogen and oxygen atoms in total. The predicted octanol–water partition coefficient (Wildman–Crippen LogP) is 5.37. The number of nitrogens with zero attached hydrogens (tertiary/aromatic N) is 2. The van der Waals surface area contributed by atoms with Crippen molar-refractivity contribution in [3.05, 3.63) is 93.9 Å². The number of fused-ring (bicyclic) bond motifs is 1. The third kappa shape index (κ3) is 6.55. The summed E-state index contributed by atoms with van der Waals surface area (Å²) in [5.74, 6) is -0.194. The molecule has 3 aromatic rings. The van der Waals surface area contributed by atoms with Crippen LogP contribution in [0.2, 0.25) is 5.02 Å². The van der Waals surface area contributed by atoms with E-state index in [9.17, 15) is 9.59 Å². The number of benzene rings is 3. The van der Waals surface area contributed by atoms with Crippen molar-refractivity contribution in [2.75, 3.05) is 49.5 Å². The van der Waals surface area contributed by atoms with Crippen molar-refractivity contribution in [1.29, 1.82) is 0 Å². The molecule has 2 N–H and O–H groups in total. The normalized spacial score (nSPS) is 16.8. The van der Waals surface area contributed by atoms with Crippen LogP contribution >= 0.6 is 23.4 Å². The SMILES string of the molecule is O=C1Nc2ccccc2SC1=Cc1ccc(C(=O)NCCCN2CCN(c3cccc(Cl)c3)CC2)cc1.